The van der Waals surface area contributed by atoms with Crippen LogP contribution in [0.1, 0.15) is 59.3 Å². The summed E-state index contributed by atoms with van der Waals surface area (Å²) in [5.41, 5.74) is 0. The summed E-state index contributed by atoms with van der Waals surface area (Å²) < 4.78 is 19.9. The van der Waals surface area contributed by atoms with Crippen molar-refractivity contribution in [2.75, 3.05) is 13.2 Å². The summed E-state index contributed by atoms with van der Waals surface area (Å²) in [6.45, 7) is 7.53. The number of aliphatic hydroxyl groups is 1. The van der Waals surface area contributed by atoms with Crippen LogP contribution in [0.5, 0.6) is 0 Å². The molecule has 0 radical (unpaired) electrons. The maximum absolute atomic E-state index is 9.62. The Morgan fingerprint density at radius 2 is 1.38 bits per heavy atom. The largest absolute Gasteiger partial charge is 0.405 e. The van der Waals surface area contributed by atoms with E-state index < -0.39 is 14.1 Å². The van der Waals surface area contributed by atoms with Crippen molar-refractivity contribution < 1.29 is 19.0 Å². The summed E-state index contributed by atoms with van der Waals surface area (Å²) in [4.78, 5) is 0. The summed E-state index contributed by atoms with van der Waals surface area (Å²) >= 11 is 0. The molecular formula is C27H38O4Si. The third-order valence-corrected chi connectivity index (χ3v) is 12.0. The van der Waals surface area contributed by atoms with Gasteiger partial charge in [0.05, 0.1) is 25.4 Å². The lowest BCUT2D eigenvalue weighted by Gasteiger charge is -2.47. The van der Waals surface area contributed by atoms with E-state index in [9.17, 15) is 5.11 Å². The third kappa shape index (κ3) is 4.73. The molecule has 3 atom stereocenters. The molecule has 5 heteroatoms. The molecule has 2 aromatic rings. The number of rotatable bonds is 6. The van der Waals surface area contributed by atoms with E-state index in [0.717, 1.165) is 38.5 Å². The predicted molar refractivity (Wildman–Crippen MR) is 131 cm³/mol. The fraction of sp³-hybridized carbons (Fsp3) is 0.556. The Balaban J connectivity index is 1.61. The highest BCUT2D eigenvalue weighted by Crippen LogP contribution is 2.41. The molecule has 2 aliphatic rings. The van der Waals surface area contributed by atoms with Crippen molar-refractivity contribution in [3.63, 3.8) is 0 Å². The molecule has 2 aliphatic heterocycles. The predicted octanol–water partition coefficient (Wildman–Crippen LogP) is 4.39. The van der Waals surface area contributed by atoms with Gasteiger partial charge in [0.2, 0.25) is 0 Å². The fourth-order valence-corrected chi connectivity index (χ4v) is 10.1. The topological polar surface area (TPSA) is 47.9 Å². The highest BCUT2D eigenvalue weighted by atomic mass is 28.4. The maximum atomic E-state index is 9.62. The zero-order valence-electron chi connectivity index (χ0n) is 19.8. The zero-order valence-corrected chi connectivity index (χ0v) is 20.8. The molecule has 2 aromatic carbocycles. The number of ether oxygens (including phenoxy) is 2. The van der Waals surface area contributed by atoms with Crippen molar-refractivity contribution in [1.29, 1.82) is 0 Å². The highest BCUT2D eigenvalue weighted by Gasteiger charge is 2.51. The van der Waals surface area contributed by atoms with Crippen LogP contribution in [0.2, 0.25) is 5.04 Å². The van der Waals surface area contributed by atoms with Gasteiger partial charge >= 0.3 is 0 Å². The molecule has 4 nitrogen and oxygen atoms in total. The first-order valence-electron chi connectivity index (χ1n) is 12.1. The first-order chi connectivity index (χ1) is 15.4. The SMILES string of the molecule is CC(C)(C)[Si](OC[C@@H]1CCCC2(CCC[C@@H](CO)O2)O1)(c1ccccc1)c1ccccc1. The summed E-state index contributed by atoms with van der Waals surface area (Å²) in [5, 5.41) is 12.2. The molecule has 4 rings (SSSR count). The Kier molecular flexibility index (Phi) is 7.23. The monoisotopic (exact) mass is 454 g/mol. The number of benzene rings is 2. The minimum Gasteiger partial charge on any atom is -0.405 e. The van der Waals surface area contributed by atoms with Crippen LogP contribution in [0.3, 0.4) is 0 Å². The molecule has 32 heavy (non-hydrogen) atoms. The van der Waals surface area contributed by atoms with Gasteiger partial charge in [-0.15, -0.1) is 0 Å². The van der Waals surface area contributed by atoms with Crippen LogP contribution >= 0.6 is 0 Å². The average Bonchev–Trinajstić information content (AvgIpc) is 2.80. The lowest BCUT2D eigenvalue weighted by molar-refractivity contribution is -0.320. The molecule has 0 saturated carbocycles. The molecular weight excluding hydrogens is 416 g/mol. The Morgan fingerprint density at radius 3 is 1.88 bits per heavy atom. The van der Waals surface area contributed by atoms with E-state index in [0.29, 0.717) is 6.61 Å². The lowest BCUT2D eigenvalue weighted by atomic mass is 9.93. The van der Waals surface area contributed by atoms with Gasteiger partial charge in [0.25, 0.3) is 8.32 Å². The molecule has 2 fully saturated rings. The van der Waals surface area contributed by atoms with Gasteiger partial charge in [-0.1, -0.05) is 81.4 Å². The second-order valence-electron chi connectivity index (χ2n) is 10.3. The summed E-state index contributed by atoms with van der Waals surface area (Å²) in [6, 6.07) is 21.5. The van der Waals surface area contributed by atoms with Crippen LogP contribution in [0.15, 0.2) is 60.7 Å². The van der Waals surface area contributed by atoms with Gasteiger partial charge in [-0.25, -0.2) is 0 Å². The maximum Gasteiger partial charge on any atom is 0.261 e. The van der Waals surface area contributed by atoms with Crippen LogP contribution in [0, 0.1) is 0 Å². The summed E-state index contributed by atoms with van der Waals surface area (Å²) in [7, 11) is -2.58. The Morgan fingerprint density at radius 1 is 0.875 bits per heavy atom. The smallest absolute Gasteiger partial charge is 0.261 e. The zero-order chi connectivity index (χ0) is 22.7. The lowest BCUT2D eigenvalue weighted by Crippen LogP contribution is -2.67. The normalized spacial score (nSPS) is 26.9. The van der Waals surface area contributed by atoms with Gasteiger partial charge in [0, 0.05) is 12.8 Å². The van der Waals surface area contributed by atoms with E-state index in [-0.39, 0.29) is 23.9 Å². The van der Waals surface area contributed by atoms with Crippen molar-refractivity contribution in [1.82, 2.24) is 0 Å². The van der Waals surface area contributed by atoms with E-state index in [2.05, 4.69) is 81.4 Å². The summed E-state index contributed by atoms with van der Waals surface area (Å²) in [6.07, 6.45) is 5.68. The van der Waals surface area contributed by atoms with Crippen molar-refractivity contribution in [3.05, 3.63) is 60.7 Å². The van der Waals surface area contributed by atoms with Gasteiger partial charge in [0.15, 0.2) is 5.79 Å². The quantitative estimate of drug-likeness (QED) is 0.658. The van der Waals surface area contributed by atoms with E-state index >= 15 is 0 Å². The first-order valence-corrected chi connectivity index (χ1v) is 14.0. The first kappa shape index (κ1) is 23.6. The van der Waals surface area contributed by atoms with Crippen molar-refractivity contribution in [2.24, 2.45) is 0 Å². The average molecular weight is 455 g/mol. The van der Waals surface area contributed by atoms with Crippen LogP contribution in [0.4, 0.5) is 0 Å². The minimum atomic E-state index is -2.58. The molecule has 1 N–H and O–H groups in total. The molecule has 0 bridgehead atoms. The van der Waals surface area contributed by atoms with Gasteiger partial charge < -0.3 is 19.0 Å². The minimum absolute atomic E-state index is 0.00263. The van der Waals surface area contributed by atoms with Crippen LogP contribution in [-0.2, 0) is 13.9 Å². The number of hydrogen-bond acceptors (Lipinski definition) is 4. The van der Waals surface area contributed by atoms with Gasteiger partial charge in [-0.05, 0) is 41.1 Å². The Hall–Kier alpha value is -1.50. The molecule has 1 spiro atoms. The van der Waals surface area contributed by atoms with Crippen LogP contribution in [-0.4, -0.2) is 44.6 Å². The fourth-order valence-electron chi connectivity index (χ4n) is 5.54. The Bertz CT molecular complexity index is 807. The molecule has 2 saturated heterocycles. The molecule has 0 aliphatic carbocycles. The summed E-state index contributed by atoms with van der Waals surface area (Å²) in [5.74, 6) is -0.552. The van der Waals surface area contributed by atoms with E-state index in [1.54, 1.807) is 0 Å². The molecule has 0 amide bonds. The van der Waals surface area contributed by atoms with E-state index in [4.69, 9.17) is 13.9 Å². The van der Waals surface area contributed by atoms with Crippen LogP contribution in [0.25, 0.3) is 0 Å². The third-order valence-electron chi connectivity index (χ3n) is 7.04. The van der Waals surface area contributed by atoms with Crippen molar-refractivity contribution in [3.8, 4) is 0 Å². The van der Waals surface area contributed by atoms with Crippen molar-refractivity contribution >= 4 is 18.7 Å². The highest BCUT2D eigenvalue weighted by molar-refractivity contribution is 6.99. The molecule has 0 aromatic heterocycles. The Labute approximate surface area is 194 Å². The second-order valence-corrected chi connectivity index (χ2v) is 14.6. The molecule has 174 valence electrons. The second kappa shape index (κ2) is 9.78. The number of hydrogen-bond donors (Lipinski definition) is 1. The molecule has 2 heterocycles. The van der Waals surface area contributed by atoms with Crippen molar-refractivity contribution in [2.45, 2.75) is 82.3 Å². The van der Waals surface area contributed by atoms with E-state index in [1.165, 1.54) is 10.4 Å². The number of aliphatic hydroxyl groups excluding tert-OH is 1. The van der Waals surface area contributed by atoms with Gasteiger partial charge in [-0.3, -0.25) is 0 Å². The van der Waals surface area contributed by atoms with E-state index in [1.807, 2.05) is 0 Å². The van der Waals surface area contributed by atoms with Gasteiger partial charge in [-0.2, -0.15) is 0 Å². The molecule has 1 unspecified atom stereocenters. The van der Waals surface area contributed by atoms with Gasteiger partial charge in [0.1, 0.15) is 0 Å². The van der Waals surface area contributed by atoms with Crippen LogP contribution < -0.4 is 10.4 Å². The standard InChI is InChI=1S/C27H38O4Si/c1-26(2,3)32(24-14-6-4-7-15-24,25-16-8-5-9-17-25)29-21-23-13-11-19-27(31-23)18-10-12-22(20-28)30-27/h4-9,14-17,22-23,28H,10-13,18-21H2,1-3H3/t22-,23-,27?/m0/s1.